The average molecular weight is 444 g/mol. The second-order valence-electron chi connectivity index (χ2n) is 8.72. The van der Waals surface area contributed by atoms with Gasteiger partial charge in [-0.1, -0.05) is 47.5 Å². The van der Waals surface area contributed by atoms with Crippen LogP contribution in [0, 0.1) is 6.92 Å². The van der Waals surface area contributed by atoms with Crippen molar-refractivity contribution in [3.63, 3.8) is 0 Å². The molecule has 2 aromatic carbocycles. The number of carbonyl (C=O) groups is 2. The molecule has 1 atom stereocenters. The standard InChI is InChI=1S/C23H27BClNO5/c1-14-8-7-9-16(12-14)20(29-15(2)27)21(28)26-17-10-11-18(19(25)13-17)24-30-22(3,4)23(5,6)31-24/h7-13,20H,1-6H3,(H,26,28). The van der Waals surface area contributed by atoms with Crippen molar-refractivity contribution in [3.8, 4) is 0 Å². The van der Waals surface area contributed by atoms with Crippen molar-refractivity contribution in [2.45, 2.75) is 58.8 Å². The van der Waals surface area contributed by atoms with E-state index in [9.17, 15) is 9.59 Å². The highest BCUT2D eigenvalue weighted by Gasteiger charge is 2.52. The number of halogens is 1. The largest absolute Gasteiger partial charge is 0.496 e. The molecule has 0 saturated carbocycles. The van der Waals surface area contributed by atoms with Gasteiger partial charge in [0.25, 0.3) is 5.91 Å². The van der Waals surface area contributed by atoms with E-state index < -0.39 is 36.3 Å². The van der Waals surface area contributed by atoms with Gasteiger partial charge in [0.05, 0.1) is 11.2 Å². The zero-order valence-corrected chi connectivity index (χ0v) is 19.4. The molecule has 1 unspecified atom stereocenters. The second kappa shape index (κ2) is 8.65. The number of benzene rings is 2. The normalized spacial score (nSPS) is 17.8. The number of amides is 1. The first-order chi connectivity index (χ1) is 14.4. The van der Waals surface area contributed by atoms with E-state index in [1.807, 2.05) is 52.8 Å². The highest BCUT2D eigenvalue weighted by Crippen LogP contribution is 2.37. The molecule has 31 heavy (non-hydrogen) atoms. The van der Waals surface area contributed by atoms with Gasteiger partial charge in [0.15, 0.2) is 0 Å². The lowest BCUT2D eigenvalue weighted by Gasteiger charge is -2.32. The number of hydrogen-bond donors (Lipinski definition) is 1. The molecule has 1 N–H and O–H groups in total. The average Bonchev–Trinajstić information content (AvgIpc) is 2.86. The smallest absolute Gasteiger partial charge is 0.447 e. The fourth-order valence-electron chi connectivity index (χ4n) is 3.25. The molecule has 1 aliphatic heterocycles. The van der Waals surface area contributed by atoms with Gasteiger partial charge < -0.3 is 19.4 Å². The predicted octanol–water partition coefficient (Wildman–Crippen LogP) is 4.19. The van der Waals surface area contributed by atoms with Crippen molar-refractivity contribution in [2.24, 2.45) is 0 Å². The fourth-order valence-corrected chi connectivity index (χ4v) is 3.52. The quantitative estimate of drug-likeness (QED) is 0.554. The number of nitrogens with one attached hydrogen (secondary N) is 1. The molecule has 0 spiro atoms. The summed E-state index contributed by atoms with van der Waals surface area (Å²) in [6.45, 7) is 11.0. The Morgan fingerprint density at radius 3 is 2.26 bits per heavy atom. The Labute approximate surface area is 188 Å². The van der Waals surface area contributed by atoms with Crippen molar-refractivity contribution in [3.05, 3.63) is 58.6 Å². The van der Waals surface area contributed by atoms with E-state index in [-0.39, 0.29) is 0 Å². The zero-order valence-electron chi connectivity index (χ0n) is 18.6. The summed E-state index contributed by atoms with van der Waals surface area (Å²) in [5, 5.41) is 3.17. The minimum absolute atomic E-state index is 0.399. The maximum atomic E-state index is 12.9. The van der Waals surface area contributed by atoms with E-state index >= 15 is 0 Å². The van der Waals surface area contributed by atoms with E-state index in [1.54, 1.807) is 24.3 Å². The summed E-state index contributed by atoms with van der Waals surface area (Å²) in [5.41, 5.74) is 1.72. The monoisotopic (exact) mass is 443 g/mol. The topological polar surface area (TPSA) is 73.9 Å². The molecule has 0 aromatic heterocycles. The molecule has 1 saturated heterocycles. The van der Waals surface area contributed by atoms with Crippen LogP contribution in [0.15, 0.2) is 42.5 Å². The first-order valence-electron chi connectivity index (χ1n) is 10.1. The van der Waals surface area contributed by atoms with Gasteiger partial charge in [0.2, 0.25) is 6.10 Å². The van der Waals surface area contributed by atoms with Crippen LogP contribution in [0.1, 0.15) is 51.8 Å². The van der Waals surface area contributed by atoms with Crippen molar-refractivity contribution >= 4 is 41.7 Å². The van der Waals surface area contributed by atoms with Gasteiger partial charge in [-0.3, -0.25) is 9.59 Å². The van der Waals surface area contributed by atoms with Crippen molar-refractivity contribution < 1.29 is 23.6 Å². The van der Waals surface area contributed by atoms with Gasteiger partial charge in [-0.05, 0) is 46.8 Å². The molecular formula is C23H27BClNO5. The summed E-state index contributed by atoms with van der Waals surface area (Å²) in [6, 6.07) is 12.4. The highest BCUT2D eigenvalue weighted by atomic mass is 35.5. The minimum Gasteiger partial charge on any atom is -0.447 e. The van der Waals surface area contributed by atoms with E-state index in [0.717, 1.165) is 5.56 Å². The van der Waals surface area contributed by atoms with Crippen LogP contribution in [-0.2, 0) is 23.6 Å². The molecule has 1 amide bonds. The number of anilines is 1. The minimum atomic E-state index is -1.07. The van der Waals surface area contributed by atoms with Gasteiger partial charge in [-0.15, -0.1) is 0 Å². The first kappa shape index (κ1) is 23.3. The van der Waals surface area contributed by atoms with Gasteiger partial charge in [0, 0.05) is 28.7 Å². The number of ether oxygens (including phenoxy) is 1. The molecule has 164 valence electrons. The molecule has 0 bridgehead atoms. The van der Waals surface area contributed by atoms with Crippen molar-refractivity contribution in [1.82, 2.24) is 0 Å². The first-order valence-corrected chi connectivity index (χ1v) is 10.5. The van der Waals surface area contributed by atoms with Gasteiger partial charge in [-0.2, -0.15) is 0 Å². The number of aryl methyl sites for hydroxylation is 1. The molecule has 1 fully saturated rings. The van der Waals surface area contributed by atoms with Gasteiger partial charge in [0.1, 0.15) is 0 Å². The van der Waals surface area contributed by atoms with E-state index in [0.29, 0.717) is 21.7 Å². The number of rotatable bonds is 5. The Balaban J connectivity index is 1.80. The van der Waals surface area contributed by atoms with Crippen LogP contribution >= 0.6 is 11.6 Å². The molecule has 1 heterocycles. The van der Waals surface area contributed by atoms with E-state index in [1.165, 1.54) is 6.92 Å². The van der Waals surface area contributed by atoms with Crippen LogP contribution in [0.25, 0.3) is 0 Å². The van der Waals surface area contributed by atoms with Crippen LogP contribution in [0.2, 0.25) is 5.02 Å². The molecule has 2 aromatic rings. The lowest BCUT2D eigenvalue weighted by Crippen LogP contribution is -2.41. The summed E-state index contributed by atoms with van der Waals surface area (Å²) in [4.78, 5) is 24.5. The van der Waals surface area contributed by atoms with Crippen molar-refractivity contribution in [2.75, 3.05) is 5.32 Å². The van der Waals surface area contributed by atoms with Crippen LogP contribution in [0.5, 0.6) is 0 Å². The molecule has 8 heteroatoms. The maximum absolute atomic E-state index is 12.9. The summed E-state index contributed by atoms with van der Waals surface area (Å²) >= 11 is 6.48. The number of esters is 1. The Kier molecular flexibility index (Phi) is 6.51. The third-order valence-corrected chi connectivity index (χ3v) is 5.97. The molecular weight excluding hydrogens is 417 g/mol. The van der Waals surface area contributed by atoms with Crippen LogP contribution in [0.3, 0.4) is 0 Å². The summed E-state index contributed by atoms with van der Waals surface area (Å²) < 4.78 is 17.4. The summed E-state index contributed by atoms with van der Waals surface area (Å²) in [6.07, 6.45) is -1.07. The maximum Gasteiger partial charge on any atom is 0.496 e. The third kappa shape index (κ3) is 5.11. The lowest BCUT2D eigenvalue weighted by atomic mass is 9.79. The predicted molar refractivity (Wildman–Crippen MR) is 121 cm³/mol. The second-order valence-corrected chi connectivity index (χ2v) is 9.12. The van der Waals surface area contributed by atoms with Gasteiger partial charge in [-0.25, -0.2) is 0 Å². The lowest BCUT2D eigenvalue weighted by molar-refractivity contribution is -0.152. The molecule has 3 rings (SSSR count). The Morgan fingerprint density at radius 1 is 1.06 bits per heavy atom. The Morgan fingerprint density at radius 2 is 1.71 bits per heavy atom. The Hall–Kier alpha value is -2.35. The summed E-state index contributed by atoms with van der Waals surface area (Å²) in [5.74, 6) is -1.02. The van der Waals surface area contributed by atoms with Gasteiger partial charge >= 0.3 is 13.1 Å². The summed E-state index contributed by atoms with van der Waals surface area (Å²) in [7, 11) is -0.608. The van der Waals surface area contributed by atoms with E-state index in [2.05, 4.69) is 5.32 Å². The number of hydrogen-bond acceptors (Lipinski definition) is 5. The molecule has 0 aliphatic carbocycles. The van der Waals surface area contributed by atoms with Crippen LogP contribution in [-0.4, -0.2) is 30.2 Å². The van der Waals surface area contributed by atoms with Crippen molar-refractivity contribution in [1.29, 1.82) is 0 Å². The third-order valence-electron chi connectivity index (χ3n) is 5.64. The van der Waals surface area contributed by atoms with E-state index in [4.69, 9.17) is 25.6 Å². The highest BCUT2D eigenvalue weighted by molar-refractivity contribution is 6.65. The zero-order chi connectivity index (χ0) is 23.0. The van der Waals surface area contributed by atoms with Crippen LogP contribution < -0.4 is 10.8 Å². The molecule has 6 nitrogen and oxygen atoms in total. The Bertz CT molecular complexity index is 991. The molecule has 1 aliphatic rings. The fraction of sp³-hybridized carbons (Fsp3) is 0.391. The SMILES string of the molecule is CC(=O)OC(C(=O)Nc1ccc(B2OC(C)(C)C(C)(C)O2)c(Cl)c1)c1cccc(C)c1. The van der Waals surface area contributed by atoms with Crippen LogP contribution in [0.4, 0.5) is 5.69 Å². The molecule has 0 radical (unpaired) electrons. The number of carbonyl (C=O) groups excluding carboxylic acids is 2.